The van der Waals surface area contributed by atoms with Gasteiger partial charge in [-0.3, -0.25) is 0 Å². The van der Waals surface area contributed by atoms with E-state index in [1.165, 1.54) is 4.88 Å². The maximum atomic E-state index is 5.91. The zero-order valence-corrected chi connectivity index (χ0v) is 7.77. The third-order valence-corrected chi connectivity index (χ3v) is 2.47. The van der Waals surface area contributed by atoms with Gasteiger partial charge in [0.2, 0.25) is 0 Å². The first-order valence-corrected chi connectivity index (χ1v) is 4.52. The average Bonchev–Trinajstić information content (AvgIpc) is 2.35. The molecule has 0 amide bonds. The third kappa shape index (κ3) is 2.61. The number of thiophene rings is 1. The number of hydrogen-bond acceptors (Lipinski definition) is 3. The van der Waals surface area contributed by atoms with Gasteiger partial charge in [0.1, 0.15) is 0 Å². The molecule has 62 valence electrons. The maximum Gasteiger partial charge on any atom is 0.0518 e. The Morgan fingerprint density at radius 1 is 1.64 bits per heavy atom. The van der Waals surface area contributed by atoms with E-state index >= 15 is 0 Å². The summed E-state index contributed by atoms with van der Waals surface area (Å²) in [6, 6.07) is 4.29. The monoisotopic (exact) mass is 170 g/mol. The molecule has 0 aliphatic heterocycles. The van der Waals surface area contributed by atoms with E-state index in [2.05, 4.69) is 16.3 Å². The largest absolute Gasteiger partial charge is 0.322 e. The highest BCUT2D eigenvalue weighted by atomic mass is 32.1. The van der Waals surface area contributed by atoms with Crippen LogP contribution in [0.5, 0.6) is 0 Å². The fraction of sp³-hybridized carbons (Fsp3) is 0.500. The van der Waals surface area contributed by atoms with Crippen molar-refractivity contribution >= 4 is 11.3 Å². The first-order chi connectivity index (χ1) is 5.20. The molecular weight excluding hydrogens is 156 g/mol. The first kappa shape index (κ1) is 8.71. The van der Waals surface area contributed by atoms with E-state index in [9.17, 15) is 0 Å². The maximum absolute atomic E-state index is 5.91. The van der Waals surface area contributed by atoms with Gasteiger partial charge < -0.3 is 10.6 Å². The molecule has 0 aromatic carbocycles. The van der Waals surface area contributed by atoms with Gasteiger partial charge in [-0.05, 0) is 25.5 Å². The van der Waals surface area contributed by atoms with Crippen molar-refractivity contribution in [3.05, 3.63) is 22.4 Å². The standard InChI is InChI=1S/C8H14N2S/c1-10(2)6-7(9)8-4-3-5-11-8/h3-5,7H,6,9H2,1-2H3. The number of hydrogen-bond donors (Lipinski definition) is 1. The van der Waals surface area contributed by atoms with Gasteiger partial charge in [0.15, 0.2) is 0 Å². The summed E-state index contributed by atoms with van der Waals surface area (Å²) in [6.45, 7) is 0.917. The molecule has 1 aromatic heterocycles. The summed E-state index contributed by atoms with van der Waals surface area (Å²) < 4.78 is 0. The summed E-state index contributed by atoms with van der Waals surface area (Å²) in [5, 5.41) is 2.06. The SMILES string of the molecule is CN(C)CC(N)c1cccs1. The van der Waals surface area contributed by atoms with Crippen LogP contribution in [0.3, 0.4) is 0 Å². The minimum absolute atomic E-state index is 0.171. The highest BCUT2D eigenvalue weighted by Crippen LogP contribution is 2.16. The number of nitrogens with two attached hydrogens (primary N) is 1. The molecule has 1 aromatic rings. The molecule has 1 rings (SSSR count). The molecule has 2 nitrogen and oxygen atoms in total. The van der Waals surface area contributed by atoms with Gasteiger partial charge in [-0.1, -0.05) is 6.07 Å². The summed E-state index contributed by atoms with van der Waals surface area (Å²) >= 11 is 1.72. The zero-order valence-electron chi connectivity index (χ0n) is 6.95. The predicted molar refractivity (Wildman–Crippen MR) is 49.8 cm³/mol. The lowest BCUT2D eigenvalue weighted by Crippen LogP contribution is -2.25. The van der Waals surface area contributed by atoms with Crippen LogP contribution in [-0.4, -0.2) is 25.5 Å². The molecule has 0 aliphatic carbocycles. The lowest BCUT2D eigenvalue weighted by molar-refractivity contribution is 0.379. The molecule has 1 heterocycles. The molecule has 1 atom stereocenters. The number of likely N-dealkylation sites (N-methyl/N-ethyl adjacent to an activating group) is 1. The minimum atomic E-state index is 0.171. The van der Waals surface area contributed by atoms with Crippen LogP contribution < -0.4 is 5.73 Å². The van der Waals surface area contributed by atoms with Crippen LogP contribution in [0.4, 0.5) is 0 Å². The summed E-state index contributed by atoms with van der Waals surface area (Å²) in [7, 11) is 4.07. The van der Waals surface area contributed by atoms with Gasteiger partial charge in [0.25, 0.3) is 0 Å². The Balaban J connectivity index is 2.49. The van der Waals surface area contributed by atoms with Crippen LogP contribution in [0.15, 0.2) is 17.5 Å². The van der Waals surface area contributed by atoms with Crippen molar-refractivity contribution in [2.75, 3.05) is 20.6 Å². The normalized spacial score (nSPS) is 13.8. The Morgan fingerprint density at radius 2 is 2.36 bits per heavy atom. The van der Waals surface area contributed by atoms with Gasteiger partial charge in [-0.2, -0.15) is 0 Å². The van der Waals surface area contributed by atoms with Gasteiger partial charge in [-0.15, -0.1) is 11.3 Å². The highest BCUT2D eigenvalue weighted by Gasteiger charge is 2.06. The predicted octanol–water partition coefficient (Wildman–Crippen LogP) is 1.31. The van der Waals surface area contributed by atoms with Crippen molar-refractivity contribution in [2.45, 2.75) is 6.04 Å². The van der Waals surface area contributed by atoms with Crippen molar-refractivity contribution in [1.82, 2.24) is 4.90 Å². The molecule has 0 spiro atoms. The Morgan fingerprint density at radius 3 is 2.82 bits per heavy atom. The van der Waals surface area contributed by atoms with Gasteiger partial charge >= 0.3 is 0 Å². The van der Waals surface area contributed by atoms with Crippen LogP contribution >= 0.6 is 11.3 Å². The molecule has 1 unspecified atom stereocenters. The second-order valence-corrected chi connectivity index (χ2v) is 3.86. The van der Waals surface area contributed by atoms with E-state index in [0.29, 0.717) is 0 Å². The molecule has 0 saturated heterocycles. The number of nitrogens with zero attached hydrogens (tertiary/aromatic N) is 1. The van der Waals surface area contributed by atoms with E-state index in [4.69, 9.17) is 5.73 Å². The Bertz CT molecular complexity index is 194. The quantitative estimate of drug-likeness (QED) is 0.741. The van der Waals surface area contributed by atoms with Crippen molar-refractivity contribution in [1.29, 1.82) is 0 Å². The Kier molecular flexibility index (Phi) is 3.05. The van der Waals surface area contributed by atoms with Crippen molar-refractivity contribution < 1.29 is 0 Å². The zero-order chi connectivity index (χ0) is 8.27. The summed E-state index contributed by atoms with van der Waals surface area (Å²) in [4.78, 5) is 3.36. The highest BCUT2D eigenvalue weighted by molar-refractivity contribution is 7.10. The fourth-order valence-corrected chi connectivity index (χ4v) is 1.71. The van der Waals surface area contributed by atoms with Crippen molar-refractivity contribution in [2.24, 2.45) is 5.73 Å². The fourth-order valence-electron chi connectivity index (χ4n) is 0.986. The van der Waals surface area contributed by atoms with Crippen molar-refractivity contribution in [3.63, 3.8) is 0 Å². The summed E-state index contributed by atoms with van der Waals surface area (Å²) in [5.41, 5.74) is 5.91. The van der Waals surface area contributed by atoms with Crippen LogP contribution in [0.25, 0.3) is 0 Å². The molecule has 11 heavy (non-hydrogen) atoms. The van der Waals surface area contributed by atoms with E-state index in [1.807, 2.05) is 20.2 Å². The van der Waals surface area contributed by atoms with Crippen LogP contribution in [0.1, 0.15) is 10.9 Å². The smallest absolute Gasteiger partial charge is 0.0518 e. The third-order valence-electron chi connectivity index (χ3n) is 1.47. The average molecular weight is 170 g/mol. The van der Waals surface area contributed by atoms with Gasteiger partial charge in [0.05, 0.1) is 6.04 Å². The lowest BCUT2D eigenvalue weighted by atomic mass is 10.2. The van der Waals surface area contributed by atoms with Crippen LogP contribution in [0.2, 0.25) is 0 Å². The lowest BCUT2D eigenvalue weighted by Gasteiger charge is -2.14. The van der Waals surface area contributed by atoms with E-state index in [0.717, 1.165) is 6.54 Å². The molecule has 0 fully saturated rings. The van der Waals surface area contributed by atoms with E-state index in [1.54, 1.807) is 11.3 Å². The van der Waals surface area contributed by atoms with Crippen molar-refractivity contribution in [3.8, 4) is 0 Å². The molecule has 0 bridgehead atoms. The number of rotatable bonds is 3. The Labute approximate surface area is 71.6 Å². The summed E-state index contributed by atoms with van der Waals surface area (Å²) in [5.74, 6) is 0. The second-order valence-electron chi connectivity index (χ2n) is 2.88. The molecule has 0 saturated carbocycles. The van der Waals surface area contributed by atoms with E-state index < -0.39 is 0 Å². The van der Waals surface area contributed by atoms with Crippen LogP contribution in [-0.2, 0) is 0 Å². The minimum Gasteiger partial charge on any atom is -0.322 e. The molecule has 2 N–H and O–H groups in total. The second kappa shape index (κ2) is 3.85. The molecular formula is C8H14N2S. The first-order valence-electron chi connectivity index (χ1n) is 3.64. The molecule has 3 heteroatoms. The van der Waals surface area contributed by atoms with Gasteiger partial charge in [-0.25, -0.2) is 0 Å². The topological polar surface area (TPSA) is 29.3 Å². The molecule has 0 radical (unpaired) electrons. The van der Waals surface area contributed by atoms with Crippen LogP contribution in [0, 0.1) is 0 Å². The molecule has 0 aliphatic rings. The van der Waals surface area contributed by atoms with Gasteiger partial charge in [0, 0.05) is 11.4 Å². The Hall–Kier alpha value is -0.380. The van der Waals surface area contributed by atoms with E-state index in [-0.39, 0.29) is 6.04 Å². The summed E-state index contributed by atoms with van der Waals surface area (Å²) in [6.07, 6.45) is 0.